The molecule has 7 heteroatoms. The summed E-state index contributed by atoms with van der Waals surface area (Å²) in [6.07, 6.45) is 9.68. The summed E-state index contributed by atoms with van der Waals surface area (Å²) < 4.78 is 10.7. The van der Waals surface area contributed by atoms with Crippen LogP contribution < -0.4 is 5.73 Å². The normalized spacial score (nSPS) is 16.5. The number of nitrogens with zero attached hydrogens (tertiary/aromatic N) is 1. The summed E-state index contributed by atoms with van der Waals surface area (Å²) in [4.78, 5) is 24.2. The second-order valence-corrected chi connectivity index (χ2v) is 9.53. The molecule has 2 heterocycles. The molecule has 31 heavy (non-hydrogen) atoms. The number of benzene rings is 1. The summed E-state index contributed by atoms with van der Waals surface area (Å²) in [7, 11) is 0. The quantitative estimate of drug-likeness (QED) is 0.652. The second kappa shape index (κ2) is 11.4. The van der Waals surface area contributed by atoms with Crippen molar-refractivity contribution in [3.8, 4) is 12.8 Å². The van der Waals surface area contributed by atoms with Crippen molar-refractivity contribution in [3.63, 3.8) is 0 Å². The van der Waals surface area contributed by atoms with Crippen molar-refractivity contribution in [1.82, 2.24) is 4.90 Å². The van der Waals surface area contributed by atoms with E-state index < -0.39 is 11.7 Å². The first-order chi connectivity index (χ1) is 14.4. The number of amides is 2. The van der Waals surface area contributed by atoms with Gasteiger partial charge in [-0.2, -0.15) is 0 Å². The average molecular weight is 451 g/mol. The summed E-state index contributed by atoms with van der Waals surface area (Å²) in [6, 6.07) is 6.03. The van der Waals surface area contributed by atoms with Gasteiger partial charge in [0.05, 0.1) is 12.2 Å². The molecule has 2 N–H and O–H groups in total. The number of rotatable bonds is 2. The first-order valence-corrected chi connectivity index (χ1v) is 10.8. The molecule has 0 aliphatic carbocycles. The third-order valence-corrected chi connectivity index (χ3v) is 5.21. The van der Waals surface area contributed by atoms with Crippen molar-refractivity contribution in [1.29, 1.82) is 0 Å². The van der Waals surface area contributed by atoms with E-state index in [-0.39, 0.29) is 11.5 Å². The molecule has 2 amide bonds. The first kappa shape index (κ1) is 26.8. The molecular formula is C24H35ClN2O4. The molecule has 0 atom stereocenters. The summed E-state index contributed by atoms with van der Waals surface area (Å²) in [5, 5.41) is 0.763. The predicted molar refractivity (Wildman–Crippen MR) is 123 cm³/mol. The molecule has 0 bridgehead atoms. The number of nitrogens with two attached hydrogens (primary N) is 1. The summed E-state index contributed by atoms with van der Waals surface area (Å²) in [5.41, 5.74) is 6.53. The number of ether oxygens (including phenoxy) is 2. The largest absolute Gasteiger partial charge is 0.444 e. The average Bonchev–Trinajstić information content (AvgIpc) is 2.99. The Morgan fingerprint density at radius 1 is 1.26 bits per heavy atom. The maximum atomic E-state index is 12.2. The molecule has 0 unspecified atom stereocenters. The van der Waals surface area contributed by atoms with Gasteiger partial charge in [-0.3, -0.25) is 4.79 Å². The highest BCUT2D eigenvalue weighted by Gasteiger charge is 2.43. The molecule has 1 aromatic rings. The monoisotopic (exact) mass is 450 g/mol. The Balaban J connectivity index is 0.000000409. The Labute approximate surface area is 191 Å². The van der Waals surface area contributed by atoms with Gasteiger partial charge in [0.15, 0.2) is 0 Å². The molecular weight excluding hydrogens is 416 g/mol. The second-order valence-electron chi connectivity index (χ2n) is 9.10. The lowest BCUT2D eigenvalue weighted by molar-refractivity contribution is -0.139. The van der Waals surface area contributed by atoms with Crippen molar-refractivity contribution in [3.05, 3.63) is 34.3 Å². The van der Waals surface area contributed by atoms with Crippen LogP contribution in [-0.4, -0.2) is 35.6 Å². The Kier molecular flexibility index (Phi) is 9.86. The molecule has 1 aromatic carbocycles. The molecule has 1 spiro atoms. The highest BCUT2D eigenvalue weighted by Crippen LogP contribution is 2.44. The fraction of sp³-hybridized carbons (Fsp3) is 0.583. The predicted octanol–water partition coefficient (Wildman–Crippen LogP) is 4.86. The molecule has 1 saturated heterocycles. The fourth-order valence-electron chi connectivity index (χ4n) is 3.73. The third-order valence-electron chi connectivity index (χ3n) is 4.98. The zero-order valence-electron chi connectivity index (χ0n) is 19.2. The zero-order valence-corrected chi connectivity index (χ0v) is 20.0. The Hall–Kier alpha value is -2.23. The summed E-state index contributed by atoms with van der Waals surface area (Å²) >= 11 is 6.06. The van der Waals surface area contributed by atoms with Crippen LogP contribution in [0.1, 0.15) is 65.0 Å². The smallest absolute Gasteiger partial charge is 0.405 e. The van der Waals surface area contributed by atoms with Gasteiger partial charge < -0.3 is 20.1 Å². The van der Waals surface area contributed by atoms with Crippen LogP contribution in [0.25, 0.3) is 0 Å². The molecule has 0 radical (unpaired) electrons. The van der Waals surface area contributed by atoms with Gasteiger partial charge in [0, 0.05) is 24.5 Å². The van der Waals surface area contributed by atoms with E-state index in [0.29, 0.717) is 18.9 Å². The number of carbonyl (C=O) groups excluding carboxylic acids is 2. The van der Waals surface area contributed by atoms with E-state index in [0.717, 1.165) is 31.0 Å². The van der Waals surface area contributed by atoms with Gasteiger partial charge in [-0.1, -0.05) is 31.5 Å². The lowest BCUT2D eigenvalue weighted by Gasteiger charge is -2.39. The number of fused-ring (bicyclic) bond motifs is 2. The first-order valence-electron chi connectivity index (χ1n) is 10.4. The van der Waals surface area contributed by atoms with Gasteiger partial charge in [0.1, 0.15) is 5.60 Å². The van der Waals surface area contributed by atoms with Crippen LogP contribution in [0.2, 0.25) is 5.02 Å². The van der Waals surface area contributed by atoms with E-state index in [4.69, 9.17) is 22.1 Å². The lowest BCUT2D eigenvalue weighted by atomic mass is 9.83. The van der Waals surface area contributed by atoms with E-state index in [1.165, 1.54) is 11.1 Å². The van der Waals surface area contributed by atoms with Crippen molar-refractivity contribution in [2.75, 3.05) is 13.1 Å². The Morgan fingerprint density at radius 2 is 1.84 bits per heavy atom. The van der Waals surface area contributed by atoms with Crippen LogP contribution in [0, 0.1) is 18.8 Å². The summed E-state index contributed by atoms with van der Waals surface area (Å²) in [5.74, 6) is 0.688. The SMILES string of the molecule is C#C.CC(C)(C)OC(N)=O.CC(C)CC(=O)N1CCC2(CC1)OCc1cc(Cl)ccc12. The van der Waals surface area contributed by atoms with E-state index in [2.05, 4.69) is 37.5 Å². The molecule has 3 rings (SSSR count). The van der Waals surface area contributed by atoms with Crippen molar-refractivity contribution in [2.24, 2.45) is 11.7 Å². The van der Waals surface area contributed by atoms with Crippen molar-refractivity contribution >= 4 is 23.6 Å². The molecule has 0 saturated carbocycles. The van der Waals surface area contributed by atoms with Gasteiger partial charge in [-0.15, -0.1) is 12.8 Å². The van der Waals surface area contributed by atoms with E-state index >= 15 is 0 Å². The van der Waals surface area contributed by atoms with Crippen LogP contribution in [0.5, 0.6) is 0 Å². The number of likely N-dealkylation sites (tertiary alicyclic amines) is 1. The number of hydrogen-bond acceptors (Lipinski definition) is 4. The number of piperidine rings is 1. The summed E-state index contributed by atoms with van der Waals surface area (Å²) in [6.45, 7) is 11.7. The van der Waals surface area contributed by atoms with E-state index in [9.17, 15) is 9.59 Å². The standard InChI is InChI=1S/C17H22ClNO2.C5H11NO2.C2H2/c1-12(2)9-16(20)19-7-5-17(6-8-19)15-4-3-14(18)10-13(15)11-21-17;1-5(2,3)8-4(6)7;1-2/h3-4,10,12H,5-9,11H2,1-2H3;1-3H3,(H2,6,7);1-2H. The minimum absolute atomic E-state index is 0.200. The maximum absolute atomic E-state index is 12.2. The Morgan fingerprint density at radius 3 is 2.29 bits per heavy atom. The Bertz CT molecular complexity index is 776. The molecule has 1 fully saturated rings. The third kappa shape index (κ3) is 8.08. The maximum Gasteiger partial charge on any atom is 0.405 e. The van der Waals surface area contributed by atoms with Crippen LogP contribution >= 0.6 is 11.6 Å². The number of terminal acetylenes is 1. The molecule has 2 aliphatic heterocycles. The topological polar surface area (TPSA) is 81.9 Å². The van der Waals surface area contributed by atoms with Crippen LogP contribution in [0.3, 0.4) is 0 Å². The molecule has 0 aromatic heterocycles. The van der Waals surface area contributed by atoms with Gasteiger partial charge in [-0.05, 0) is 62.8 Å². The molecule has 6 nitrogen and oxygen atoms in total. The number of halogens is 1. The number of carbonyl (C=O) groups is 2. The highest BCUT2D eigenvalue weighted by molar-refractivity contribution is 6.30. The number of primary amides is 1. The minimum atomic E-state index is -0.725. The zero-order chi connectivity index (χ0) is 23.8. The van der Waals surface area contributed by atoms with Gasteiger partial charge in [-0.25, -0.2) is 4.79 Å². The van der Waals surface area contributed by atoms with Gasteiger partial charge in [0.25, 0.3) is 0 Å². The van der Waals surface area contributed by atoms with Crippen LogP contribution in [-0.2, 0) is 26.5 Å². The van der Waals surface area contributed by atoms with Gasteiger partial charge in [0.2, 0.25) is 5.91 Å². The fourth-order valence-corrected chi connectivity index (χ4v) is 3.93. The number of hydrogen-bond donors (Lipinski definition) is 1. The molecule has 2 aliphatic rings. The van der Waals surface area contributed by atoms with Gasteiger partial charge >= 0.3 is 6.09 Å². The van der Waals surface area contributed by atoms with E-state index in [1.807, 2.05) is 17.0 Å². The van der Waals surface area contributed by atoms with Crippen molar-refractivity contribution < 1.29 is 19.1 Å². The van der Waals surface area contributed by atoms with Crippen molar-refractivity contribution in [2.45, 2.75) is 71.7 Å². The minimum Gasteiger partial charge on any atom is -0.444 e. The highest BCUT2D eigenvalue weighted by atomic mass is 35.5. The lowest BCUT2D eigenvalue weighted by Crippen LogP contribution is -2.45. The molecule has 172 valence electrons. The van der Waals surface area contributed by atoms with E-state index in [1.54, 1.807) is 20.8 Å². The van der Waals surface area contributed by atoms with Crippen LogP contribution in [0.4, 0.5) is 4.79 Å². The van der Waals surface area contributed by atoms with Crippen LogP contribution in [0.15, 0.2) is 18.2 Å².